The molecule has 0 saturated heterocycles. The molecule has 2 aromatic heterocycles. The minimum Gasteiger partial charge on any atom is -0.310 e. The van der Waals surface area contributed by atoms with Crippen molar-refractivity contribution >= 4 is 60.7 Å². The van der Waals surface area contributed by atoms with Gasteiger partial charge in [-0.25, -0.2) is 0 Å². The normalized spacial score (nSPS) is 12.8. The van der Waals surface area contributed by atoms with Crippen molar-refractivity contribution in [2.45, 2.75) is 5.41 Å². The molecule has 0 bridgehead atoms. The Morgan fingerprint density at radius 3 is 1.37 bits per heavy atom. The van der Waals surface area contributed by atoms with E-state index >= 15 is 0 Å². The van der Waals surface area contributed by atoms with Crippen LogP contribution >= 0.6 is 0 Å². The quantitative estimate of drug-likeness (QED) is 0.155. The maximum absolute atomic E-state index is 2.50. The van der Waals surface area contributed by atoms with Gasteiger partial charge in [-0.1, -0.05) is 212 Å². The van der Waals surface area contributed by atoms with E-state index in [1.54, 1.807) is 0 Å². The van der Waals surface area contributed by atoms with E-state index < -0.39 is 5.41 Å². The fourth-order valence-corrected chi connectivity index (χ4v) is 13.5. The highest BCUT2D eigenvalue weighted by atomic mass is 15.1. The molecule has 2 aliphatic rings. The molecule has 354 valence electrons. The second kappa shape index (κ2) is 16.5. The van der Waals surface area contributed by atoms with Gasteiger partial charge >= 0.3 is 0 Å². The molecule has 0 saturated carbocycles. The van der Waals surface area contributed by atoms with Crippen molar-refractivity contribution in [3.05, 3.63) is 307 Å². The van der Waals surface area contributed by atoms with Gasteiger partial charge in [-0.2, -0.15) is 0 Å². The third kappa shape index (κ3) is 5.94. The monoisotopic (exact) mass is 965 g/mol. The number of aromatic nitrogens is 2. The van der Waals surface area contributed by atoms with Gasteiger partial charge in [0.25, 0.3) is 0 Å². The highest BCUT2D eigenvalue weighted by Crippen LogP contribution is 2.64. The molecule has 2 aliphatic carbocycles. The number of para-hydroxylation sites is 5. The lowest BCUT2D eigenvalue weighted by atomic mass is 9.70. The lowest BCUT2D eigenvalue weighted by Crippen LogP contribution is -2.26. The van der Waals surface area contributed by atoms with Crippen molar-refractivity contribution in [1.82, 2.24) is 9.13 Å². The van der Waals surface area contributed by atoms with Crippen LogP contribution in [0, 0.1) is 0 Å². The summed E-state index contributed by atoms with van der Waals surface area (Å²) in [6.07, 6.45) is 0. The Morgan fingerprint density at radius 2 is 0.711 bits per heavy atom. The largest absolute Gasteiger partial charge is 0.310 e. The standard InChI is InChI=1S/C73H47N3/c1-3-20-50(21-4-1)75-67-37-16-11-28-61(67)70-54(29-18-38-68(70)75)48-40-44-52(45-41-48)74(53-46-42-49(43-47-53)55-30-17-31-59-58-26-10-15-36-66(58)76(72(55)59)51-22-5-2-6-23-51)69-39-19-35-65-71(69)60-27-9-14-34-64(60)73(65)62-32-12-7-24-56(62)57-25-8-13-33-63(57)73/h1-47H. The molecule has 0 N–H and O–H groups in total. The van der Waals surface area contributed by atoms with Gasteiger partial charge in [0.2, 0.25) is 0 Å². The Morgan fingerprint density at radius 1 is 0.276 bits per heavy atom. The van der Waals surface area contributed by atoms with Gasteiger partial charge in [-0.05, 0) is 128 Å². The summed E-state index contributed by atoms with van der Waals surface area (Å²) in [5, 5.41) is 4.98. The topological polar surface area (TPSA) is 13.1 Å². The van der Waals surface area contributed by atoms with Crippen LogP contribution in [0.25, 0.3) is 99.5 Å². The maximum atomic E-state index is 2.50. The van der Waals surface area contributed by atoms with Gasteiger partial charge in [0, 0.05) is 55.4 Å². The van der Waals surface area contributed by atoms with E-state index in [-0.39, 0.29) is 0 Å². The van der Waals surface area contributed by atoms with E-state index in [0.717, 1.165) is 34.0 Å². The summed E-state index contributed by atoms with van der Waals surface area (Å²) in [6, 6.07) is 105. The summed E-state index contributed by atoms with van der Waals surface area (Å²) >= 11 is 0. The number of fused-ring (bicyclic) bond motifs is 16. The second-order valence-corrected chi connectivity index (χ2v) is 20.3. The molecule has 2 heterocycles. The van der Waals surface area contributed by atoms with Crippen LogP contribution < -0.4 is 4.90 Å². The van der Waals surface area contributed by atoms with E-state index in [1.165, 1.54) is 105 Å². The van der Waals surface area contributed by atoms with Crippen LogP contribution in [0.2, 0.25) is 0 Å². The molecule has 0 unspecified atom stereocenters. The molecule has 0 atom stereocenters. The Hall–Kier alpha value is -9.96. The first-order valence-corrected chi connectivity index (χ1v) is 26.3. The summed E-state index contributed by atoms with van der Waals surface area (Å²) in [7, 11) is 0. The summed E-state index contributed by atoms with van der Waals surface area (Å²) in [4.78, 5) is 2.50. The zero-order chi connectivity index (χ0) is 49.9. The molecule has 12 aromatic carbocycles. The van der Waals surface area contributed by atoms with E-state index in [2.05, 4.69) is 299 Å². The third-order valence-corrected chi connectivity index (χ3v) is 16.5. The van der Waals surface area contributed by atoms with Crippen molar-refractivity contribution in [1.29, 1.82) is 0 Å². The number of hydrogen-bond acceptors (Lipinski definition) is 1. The average Bonchev–Trinajstić information content (AvgIpc) is 4.36. The third-order valence-electron chi connectivity index (χ3n) is 16.5. The average molecular weight is 966 g/mol. The van der Waals surface area contributed by atoms with E-state index in [9.17, 15) is 0 Å². The Labute approximate surface area is 441 Å². The van der Waals surface area contributed by atoms with Crippen molar-refractivity contribution < 1.29 is 0 Å². The van der Waals surface area contributed by atoms with Crippen LogP contribution in [-0.2, 0) is 5.41 Å². The van der Waals surface area contributed by atoms with Crippen LogP contribution in [0.4, 0.5) is 17.1 Å². The molecule has 76 heavy (non-hydrogen) atoms. The van der Waals surface area contributed by atoms with Gasteiger partial charge in [0.15, 0.2) is 0 Å². The van der Waals surface area contributed by atoms with Crippen LogP contribution in [0.5, 0.6) is 0 Å². The minimum atomic E-state index is -0.470. The Bertz CT molecular complexity index is 4570. The molecule has 3 nitrogen and oxygen atoms in total. The molecule has 0 radical (unpaired) electrons. The van der Waals surface area contributed by atoms with E-state index in [0.29, 0.717) is 0 Å². The zero-order valence-electron chi connectivity index (χ0n) is 41.5. The fourth-order valence-electron chi connectivity index (χ4n) is 13.5. The minimum absolute atomic E-state index is 0.470. The molecular weight excluding hydrogens is 919 g/mol. The summed E-state index contributed by atoms with van der Waals surface area (Å²) in [5.41, 5.74) is 25.1. The van der Waals surface area contributed by atoms with Crippen LogP contribution in [0.15, 0.2) is 285 Å². The van der Waals surface area contributed by atoms with Gasteiger partial charge in [0.1, 0.15) is 0 Å². The number of hydrogen-bond donors (Lipinski definition) is 0. The molecular formula is C73H47N3. The van der Waals surface area contributed by atoms with Crippen molar-refractivity contribution in [3.8, 4) is 55.9 Å². The lowest BCUT2D eigenvalue weighted by Gasteiger charge is -2.32. The number of nitrogens with zero attached hydrogens (tertiary/aromatic N) is 3. The van der Waals surface area contributed by atoms with Crippen LogP contribution in [0.1, 0.15) is 22.3 Å². The number of benzene rings is 12. The van der Waals surface area contributed by atoms with Crippen molar-refractivity contribution in [2.75, 3.05) is 4.90 Å². The Balaban J connectivity index is 0.904. The number of rotatable bonds is 7. The molecule has 0 aliphatic heterocycles. The lowest BCUT2D eigenvalue weighted by molar-refractivity contribution is 0.794. The molecule has 3 heteroatoms. The van der Waals surface area contributed by atoms with Gasteiger partial charge in [0.05, 0.1) is 33.2 Å². The van der Waals surface area contributed by atoms with E-state index in [4.69, 9.17) is 0 Å². The van der Waals surface area contributed by atoms with Crippen LogP contribution in [0.3, 0.4) is 0 Å². The summed E-state index contributed by atoms with van der Waals surface area (Å²) < 4.78 is 4.83. The first-order chi connectivity index (χ1) is 37.8. The highest BCUT2D eigenvalue weighted by Gasteiger charge is 2.52. The first-order valence-electron chi connectivity index (χ1n) is 26.3. The number of anilines is 3. The molecule has 16 rings (SSSR count). The predicted octanol–water partition coefficient (Wildman–Crippen LogP) is 19.0. The summed E-state index contributed by atoms with van der Waals surface area (Å²) in [6.45, 7) is 0. The summed E-state index contributed by atoms with van der Waals surface area (Å²) in [5.74, 6) is 0. The fraction of sp³-hybridized carbons (Fsp3) is 0.0137. The second-order valence-electron chi connectivity index (χ2n) is 20.3. The molecule has 0 fully saturated rings. The predicted molar refractivity (Wildman–Crippen MR) is 317 cm³/mol. The van der Waals surface area contributed by atoms with Crippen LogP contribution in [-0.4, -0.2) is 9.13 Å². The van der Waals surface area contributed by atoms with Gasteiger partial charge in [-0.15, -0.1) is 0 Å². The molecule has 1 spiro atoms. The van der Waals surface area contributed by atoms with Gasteiger partial charge < -0.3 is 14.0 Å². The maximum Gasteiger partial charge on any atom is 0.0726 e. The van der Waals surface area contributed by atoms with Crippen molar-refractivity contribution in [3.63, 3.8) is 0 Å². The first kappa shape index (κ1) is 42.5. The van der Waals surface area contributed by atoms with E-state index in [1.807, 2.05) is 0 Å². The molecule has 0 amide bonds. The molecule has 14 aromatic rings. The SMILES string of the molecule is c1ccc(-n2c3ccccc3c3c(-c4ccc(N(c5ccc(-c6cccc7c8ccccc8n(-c8ccccc8)c67)cc5)c5cccc6c5-c5ccccc5C65c6ccccc6-c6ccccc65)cc4)cccc32)cc1. The van der Waals surface area contributed by atoms with Crippen molar-refractivity contribution in [2.24, 2.45) is 0 Å². The zero-order valence-corrected chi connectivity index (χ0v) is 41.5. The highest BCUT2D eigenvalue weighted by molar-refractivity contribution is 6.16. The Kier molecular flexibility index (Phi) is 9.25. The smallest absolute Gasteiger partial charge is 0.0726 e. The van der Waals surface area contributed by atoms with Gasteiger partial charge in [-0.3, -0.25) is 0 Å².